The summed E-state index contributed by atoms with van der Waals surface area (Å²) in [5, 5.41) is 4.64. The zero-order valence-electron chi connectivity index (χ0n) is 10.8. The highest BCUT2D eigenvalue weighted by Crippen LogP contribution is 2.28. The summed E-state index contributed by atoms with van der Waals surface area (Å²) in [6.07, 6.45) is 1.53. The predicted molar refractivity (Wildman–Crippen MR) is 76.6 cm³/mol. The fourth-order valence-electron chi connectivity index (χ4n) is 1.90. The number of nitrogens with zero attached hydrogens (tertiary/aromatic N) is 2. The molecule has 1 aromatic carbocycles. The molecule has 20 heavy (non-hydrogen) atoms. The van der Waals surface area contributed by atoms with Gasteiger partial charge in [0, 0.05) is 7.11 Å². The maximum Gasteiger partial charge on any atom is 0.141 e. The molecular weight excluding hydrogens is 304 g/mol. The summed E-state index contributed by atoms with van der Waals surface area (Å²) >= 11 is 11.9. The molecule has 7 heteroatoms. The van der Waals surface area contributed by atoms with Crippen LogP contribution in [0, 0.1) is 5.82 Å². The predicted octanol–water partition coefficient (Wildman–Crippen LogP) is 3.02. The molecule has 0 amide bonds. The van der Waals surface area contributed by atoms with Crippen molar-refractivity contribution in [2.45, 2.75) is 12.6 Å². The lowest BCUT2D eigenvalue weighted by molar-refractivity contribution is 0.182. The lowest BCUT2D eigenvalue weighted by Gasteiger charge is -2.15. The van der Waals surface area contributed by atoms with E-state index in [1.54, 1.807) is 17.9 Å². The monoisotopic (exact) mass is 317 g/mol. The number of benzene rings is 1. The lowest BCUT2D eigenvalue weighted by Crippen LogP contribution is -2.19. The summed E-state index contributed by atoms with van der Waals surface area (Å²) in [5.74, 6) is -0.485. The van der Waals surface area contributed by atoms with Gasteiger partial charge in [0.2, 0.25) is 0 Å². The number of rotatable bonds is 5. The van der Waals surface area contributed by atoms with Gasteiger partial charge < -0.3 is 10.5 Å². The Bertz CT molecular complexity index is 603. The van der Waals surface area contributed by atoms with Crippen molar-refractivity contribution in [3.05, 3.63) is 51.5 Å². The lowest BCUT2D eigenvalue weighted by atomic mass is 10.0. The van der Waals surface area contributed by atoms with Crippen molar-refractivity contribution in [1.29, 1.82) is 0 Å². The van der Waals surface area contributed by atoms with Gasteiger partial charge in [-0.15, -0.1) is 0 Å². The number of hydrogen-bond donors (Lipinski definition) is 1. The highest BCUT2D eigenvalue weighted by atomic mass is 35.5. The van der Waals surface area contributed by atoms with E-state index in [0.717, 1.165) is 0 Å². The Labute approximate surface area is 126 Å². The van der Waals surface area contributed by atoms with Gasteiger partial charge >= 0.3 is 0 Å². The topological polar surface area (TPSA) is 53.1 Å². The maximum atomic E-state index is 13.2. The number of halogens is 3. The molecule has 1 heterocycles. The molecule has 0 bridgehead atoms. The molecule has 1 unspecified atom stereocenters. The van der Waals surface area contributed by atoms with E-state index in [-0.39, 0.29) is 5.02 Å². The molecule has 0 fully saturated rings. The first-order chi connectivity index (χ1) is 9.54. The Morgan fingerprint density at radius 3 is 2.80 bits per heavy atom. The van der Waals surface area contributed by atoms with Gasteiger partial charge in [-0.3, -0.25) is 4.68 Å². The molecule has 4 nitrogen and oxygen atoms in total. The van der Waals surface area contributed by atoms with E-state index >= 15 is 0 Å². The Kier molecular flexibility index (Phi) is 4.99. The van der Waals surface area contributed by atoms with Crippen molar-refractivity contribution in [3.63, 3.8) is 0 Å². The second-order valence-corrected chi connectivity index (χ2v) is 5.06. The fourth-order valence-corrected chi connectivity index (χ4v) is 2.35. The largest absolute Gasteiger partial charge is 0.383 e. The third-order valence-corrected chi connectivity index (χ3v) is 3.52. The van der Waals surface area contributed by atoms with Gasteiger partial charge in [0.15, 0.2) is 0 Å². The van der Waals surface area contributed by atoms with Crippen LogP contribution in [0.2, 0.25) is 10.0 Å². The summed E-state index contributed by atoms with van der Waals surface area (Å²) in [7, 11) is 1.60. The van der Waals surface area contributed by atoms with E-state index in [0.29, 0.717) is 29.4 Å². The third-order valence-electron chi connectivity index (χ3n) is 2.94. The van der Waals surface area contributed by atoms with E-state index in [2.05, 4.69) is 5.10 Å². The quantitative estimate of drug-likeness (QED) is 0.922. The number of aromatic nitrogens is 2. The molecule has 0 radical (unpaired) electrons. The maximum absolute atomic E-state index is 13.2. The van der Waals surface area contributed by atoms with E-state index < -0.39 is 11.9 Å². The van der Waals surface area contributed by atoms with Crippen molar-refractivity contribution in [3.8, 4) is 0 Å². The van der Waals surface area contributed by atoms with Crippen LogP contribution in [0.4, 0.5) is 4.39 Å². The van der Waals surface area contributed by atoms with Gasteiger partial charge in [-0.1, -0.05) is 29.3 Å². The molecule has 108 valence electrons. The standard InChI is InChI=1S/C13H14Cl2FN3O/c1-20-5-4-19-13(10(15)7-18-19)12(17)8-2-3-11(16)9(14)6-8/h2-3,6-7,12H,4-5,17H2,1H3. The highest BCUT2D eigenvalue weighted by Gasteiger charge is 2.19. The average Bonchev–Trinajstić information content (AvgIpc) is 2.80. The molecule has 0 aliphatic carbocycles. The van der Waals surface area contributed by atoms with Crippen LogP contribution in [-0.4, -0.2) is 23.5 Å². The minimum Gasteiger partial charge on any atom is -0.383 e. The van der Waals surface area contributed by atoms with Crippen LogP contribution in [0.3, 0.4) is 0 Å². The molecule has 2 rings (SSSR count). The highest BCUT2D eigenvalue weighted by molar-refractivity contribution is 6.31. The molecule has 1 atom stereocenters. The molecule has 2 N–H and O–H groups in total. The van der Waals surface area contributed by atoms with Gasteiger partial charge in [-0.2, -0.15) is 5.10 Å². The van der Waals surface area contributed by atoms with Crippen molar-refractivity contribution in [2.75, 3.05) is 13.7 Å². The Balaban J connectivity index is 2.34. The molecule has 0 aliphatic heterocycles. The average molecular weight is 318 g/mol. The molecular formula is C13H14Cl2FN3O. The molecule has 0 saturated carbocycles. The van der Waals surface area contributed by atoms with E-state index in [1.807, 2.05) is 0 Å². The first-order valence-corrected chi connectivity index (χ1v) is 6.71. The molecule has 0 saturated heterocycles. The molecule has 2 aromatic rings. The summed E-state index contributed by atoms with van der Waals surface area (Å²) in [5.41, 5.74) is 7.50. The first-order valence-electron chi connectivity index (χ1n) is 5.95. The summed E-state index contributed by atoms with van der Waals surface area (Å²) < 4.78 is 19.9. The van der Waals surface area contributed by atoms with Crippen LogP contribution < -0.4 is 5.73 Å². The van der Waals surface area contributed by atoms with Gasteiger partial charge in [0.05, 0.1) is 41.1 Å². The van der Waals surface area contributed by atoms with Crippen LogP contribution in [0.1, 0.15) is 17.3 Å². The SMILES string of the molecule is COCCn1ncc(Cl)c1C(N)c1ccc(F)c(Cl)c1. The first kappa shape index (κ1) is 15.3. The van der Waals surface area contributed by atoms with E-state index in [1.165, 1.54) is 18.3 Å². The summed E-state index contributed by atoms with van der Waals surface area (Å²) in [6.45, 7) is 1.02. The zero-order chi connectivity index (χ0) is 14.7. The van der Waals surface area contributed by atoms with Gasteiger partial charge in [-0.05, 0) is 17.7 Å². The van der Waals surface area contributed by atoms with Crippen molar-refractivity contribution in [1.82, 2.24) is 9.78 Å². The van der Waals surface area contributed by atoms with Crippen molar-refractivity contribution in [2.24, 2.45) is 5.73 Å². The van der Waals surface area contributed by atoms with Crippen LogP contribution in [0.15, 0.2) is 24.4 Å². The minimum atomic E-state index is -0.542. The number of methoxy groups -OCH3 is 1. The molecule has 1 aromatic heterocycles. The number of hydrogen-bond acceptors (Lipinski definition) is 3. The van der Waals surface area contributed by atoms with Gasteiger partial charge in [0.1, 0.15) is 5.82 Å². The van der Waals surface area contributed by atoms with Crippen LogP contribution >= 0.6 is 23.2 Å². The minimum absolute atomic E-state index is 0.0250. The van der Waals surface area contributed by atoms with E-state index in [9.17, 15) is 4.39 Å². The van der Waals surface area contributed by atoms with Crippen molar-refractivity contribution >= 4 is 23.2 Å². The Hall–Kier alpha value is -1.14. The summed E-state index contributed by atoms with van der Waals surface area (Å²) in [4.78, 5) is 0. The second-order valence-electron chi connectivity index (χ2n) is 4.24. The number of ether oxygens (including phenoxy) is 1. The smallest absolute Gasteiger partial charge is 0.141 e. The van der Waals surface area contributed by atoms with Crippen LogP contribution in [0.5, 0.6) is 0 Å². The second kappa shape index (κ2) is 6.54. The molecule has 0 aliphatic rings. The normalized spacial score (nSPS) is 12.7. The molecule has 0 spiro atoms. The number of nitrogens with two attached hydrogens (primary N) is 1. The van der Waals surface area contributed by atoms with Crippen molar-refractivity contribution < 1.29 is 9.13 Å². The summed E-state index contributed by atoms with van der Waals surface area (Å²) in [6, 6.07) is 3.81. The van der Waals surface area contributed by atoms with Crippen LogP contribution in [-0.2, 0) is 11.3 Å². The fraction of sp³-hybridized carbons (Fsp3) is 0.308. The third kappa shape index (κ3) is 3.12. The van der Waals surface area contributed by atoms with Crippen LogP contribution in [0.25, 0.3) is 0 Å². The van der Waals surface area contributed by atoms with E-state index in [4.69, 9.17) is 33.7 Å². The zero-order valence-corrected chi connectivity index (χ0v) is 12.3. The Morgan fingerprint density at radius 1 is 1.40 bits per heavy atom. The van der Waals surface area contributed by atoms with Gasteiger partial charge in [-0.25, -0.2) is 4.39 Å². The Morgan fingerprint density at radius 2 is 2.15 bits per heavy atom. The van der Waals surface area contributed by atoms with Gasteiger partial charge in [0.25, 0.3) is 0 Å².